The van der Waals surface area contributed by atoms with Crippen molar-refractivity contribution in [3.05, 3.63) is 26.6 Å². The first-order valence-electron chi connectivity index (χ1n) is 4.46. The number of carbonyl (C=O) groups excluding carboxylic acids is 1. The van der Waals surface area contributed by atoms with Crippen LogP contribution in [-0.2, 0) is 16.0 Å². The van der Waals surface area contributed by atoms with Crippen molar-refractivity contribution in [3.63, 3.8) is 0 Å². The summed E-state index contributed by atoms with van der Waals surface area (Å²) in [5.74, 6) is -0.550. The number of halogens is 3. The van der Waals surface area contributed by atoms with Crippen molar-refractivity contribution in [2.24, 2.45) is 0 Å². The Morgan fingerprint density at radius 2 is 2.25 bits per heavy atom. The first-order valence-corrected chi connectivity index (χ1v) is 5.54. The van der Waals surface area contributed by atoms with Crippen LogP contribution in [0.2, 0.25) is 0 Å². The molecule has 0 saturated heterocycles. The molecule has 0 spiro atoms. The quantitative estimate of drug-likeness (QED) is 0.482. The Morgan fingerprint density at radius 1 is 1.62 bits per heavy atom. The van der Waals surface area contributed by atoms with E-state index < -0.39 is 12.4 Å². The van der Waals surface area contributed by atoms with Crippen LogP contribution in [0, 0.1) is 10.6 Å². The first-order chi connectivity index (χ1) is 7.45. The van der Waals surface area contributed by atoms with Gasteiger partial charge in [0.05, 0.1) is 13.5 Å². The van der Waals surface area contributed by atoms with Crippen molar-refractivity contribution in [2.75, 3.05) is 7.11 Å². The van der Waals surface area contributed by atoms with Gasteiger partial charge in [-0.2, -0.15) is 0 Å². The number of alkyl halides is 2. The van der Waals surface area contributed by atoms with Gasteiger partial charge in [-0.15, -0.1) is 0 Å². The second-order valence-electron chi connectivity index (χ2n) is 3.18. The molecule has 1 aromatic rings. The normalized spacial score (nSPS) is 10.6. The monoisotopic (exact) mass is 341 g/mol. The van der Waals surface area contributed by atoms with Gasteiger partial charge in [-0.05, 0) is 35.6 Å². The molecule has 0 saturated carbocycles. The van der Waals surface area contributed by atoms with Crippen LogP contribution in [0.15, 0.2) is 6.07 Å². The number of rotatable bonds is 3. The maximum absolute atomic E-state index is 12.8. The van der Waals surface area contributed by atoms with E-state index in [4.69, 9.17) is 0 Å². The van der Waals surface area contributed by atoms with Crippen LogP contribution < -0.4 is 0 Å². The smallest absolute Gasteiger partial charge is 0.310 e. The highest BCUT2D eigenvalue weighted by Crippen LogP contribution is 2.27. The minimum atomic E-state index is -2.62. The Balaban J connectivity index is 3.19. The molecule has 0 atom stereocenters. The summed E-state index contributed by atoms with van der Waals surface area (Å²) < 4.78 is 30.4. The summed E-state index contributed by atoms with van der Waals surface area (Å²) >= 11 is 1.84. The fourth-order valence-corrected chi connectivity index (χ4v) is 2.15. The topological polar surface area (TPSA) is 39.2 Å². The molecule has 1 rings (SSSR count). The van der Waals surface area contributed by atoms with Crippen LogP contribution in [0.3, 0.4) is 0 Å². The number of aromatic nitrogens is 1. The molecule has 0 aliphatic carbocycles. The molecule has 3 nitrogen and oxygen atoms in total. The van der Waals surface area contributed by atoms with Crippen LogP contribution in [-0.4, -0.2) is 18.1 Å². The third-order valence-electron chi connectivity index (χ3n) is 2.02. The molecule has 0 N–H and O–H groups in total. The van der Waals surface area contributed by atoms with Crippen molar-refractivity contribution in [3.8, 4) is 0 Å². The zero-order valence-electron chi connectivity index (χ0n) is 8.76. The lowest BCUT2D eigenvalue weighted by Crippen LogP contribution is -2.10. The van der Waals surface area contributed by atoms with E-state index in [1.807, 2.05) is 22.6 Å². The van der Waals surface area contributed by atoms with E-state index in [1.54, 1.807) is 6.92 Å². The lowest BCUT2D eigenvalue weighted by molar-refractivity contribution is -0.139. The Morgan fingerprint density at radius 3 is 2.75 bits per heavy atom. The number of ether oxygens (including phenoxy) is 1. The molecular formula is C10H10F2INO2. The summed E-state index contributed by atoms with van der Waals surface area (Å²) in [5.41, 5.74) is 0.601. The molecule has 0 fully saturated rings. The van der Waals surface area contributed by atoms with Crippen molar-refractivity contribution in [1.29, 1.82) is 0 Å². The molecule has 1 heterocycles. The van der Waals surface area contributed by atoms with Gasteiger partial charge in [0.15, 0.2) is 0 Å². The highest BCUT2D eigenvalue weighted by Gasteiger charge is 2.19. The second-order valence-corrected chi connectivity index (χ2v) is 4.20. The standard InChI is InChI=1S/C10H10F2INO2/c1-5-3-6(9(11)12)7(10(13)14-5)4-8(15)16-2/h3,9H,4H2,1-2H3. The van der Waals surface area contributed by atoms with Crippen LogP contribution in [0.4, 0.5) is 8.78 Å². The highest BCUT2D eigenvalue weighted by molar-refractivity contribution is 14.1. The van der Waals surface area contributed by atoms with Crippen LogP contribution in [0.1, 0.15) is 23.2 Å². The molecular weight excluding hydrogens is 331 g/mol. The third-order valence-corrected chi connectivity index (χ3v) is 2.91. The second kappa shape index (κ2) is 5.51. The van der Waals surface area contributed by atoms with Crippen LogP contribution >= 0.6 is 22.6 Å². The molecule has 6 heteroatoms. The maximum Gasteiger partial charge on any atom is 0.310 e. The molecule has 0 amide bonds. The summed E-state index contributed by atoms with van der Waals surface area (Å²) in [6, 6.07) is 1.30. The molecule has 0 bridgehead atoms. The van der Waals surface area contributed by atoms with Gasteiger partial charge in [0.25, 0.3) is 6.43 Å². The Labute approximate surface area is 105 Å². The van der Waals surface area contributed by atoms with Crippen molar-refractivity contribution in [1.82, 2.24) is 4.98 Å². The number of nitrogens with zero attached hydrogens (tertiary/aromatic N) is 1. The first kappa shape index (κ1) is 13.3. The van der Waals surface area contributed by atoms with Gasteiger partial charge < -0.3 is 4.74 Å². The molecule has 0 radical (unpaired) electrons. The van der Waals surface area contributed by atoms with Gasteiger partial charge in [-0.3, -0.25) is 4.79 Å². The minimum Gasteiger partial charge on any atom is -0.469 e. The van der Waals surface area contributed by atoms with Gasteiger partial charge >= 0.3 is 5.97 Å². The average molecular weight is 341 g/mol. The zero-order valence-corrected chi connectivity index (χ0v) is 10.9. The Bertz CT molecular complexity index is 410. The average Bonchev–Trinajstić information content (AvgIpc) is 2.20. The summed E-state index contributed by atoms with van der Waals surface area (Å²) in [4.78, 5) is 15.1. The Hall–Kier alpha value is -0.790. The highest BCUT2D eigenvalue weighted by atomic mass is 127. The number of hydrogen-bond acceptors (Lipinski definition) is 3. The molecule has 1 aromatic heterocycles. The van der Waals surface area contributed by atoms with E-state index in [-0.39, 0.29) is 17.5 Å². The van der Waals surface area contributed by atoms with Crippen molar-refractivity contribution in [2.45, 2.75) is 19.8 Å². The summed E-state index contributed by atoms with van der Waals surface area (Å²) in [5, 5.41) is 0. The minimum absolute atomic E-state index is 0.151. The van der Waals surface area contributed by atoms with Gasteiger partial charge in [-0.25, -0.2) is 13.8 Å². The van der Waals surface area contributed by atoms with Gasteiger partial charge in [-0.1, -0.05) is 0 Å². The summed E-state index contributed by atoms with van der Waals surface area (Å²) in [7, 11) is 1.22. The summed E-state index contributed by atoms with van der Waals surface area (Å²) in [6.45, 7) is 1.63. The van der Waals surface area contributed by atoms with E-state index in [1.165, 1.54) is 13.2 Å². The number of pyridine rings is 1. The molecule has 0 unspecified atom stereocenters. The fraction of sp³-hybridized carbons (Fsp3) is 0.400. The number of methoxy groups -OCH3 is 1. The zero-order chi connectivity index (χ0) is 12.3. The number of hydrogen-bond donors (Lipinski definition) is 0. The van der Waals surface area contributed by atoms with Crippen LogP contribution in [0.5, 0.6) is 0 Å². The number of esters is 1. The molecule has 0 aliphatic heterocycles. The van der Waals surface area contributed by atoms with E-state index in [9.17, 15) is 13.6 Å². The van der Waals surface area contributed by atoms with E-state index >= 15 is 0 Å². The van der Waals surface area contributed by atoms with Crippen LogP contribution in [0.25, 0.3) is 0 Å². The summed E-state index contributed by atoms with van der Waals surface area (Å²) in [6.07, 6.45) is -2.79. The van der Waals surface area contributed by atoms with Crippen molar-refractivity contribution < 1.29 is 18.3 Å². The lowest BCUT2D eigenvalue weighted by Gasteiger charge is -2.10. The van der Waals surface area contributed by atoms with Gasteiger partial charge in [0, 0.05) is 16.8 Å². The largest absolute Gasteiger partial charge is 0.469 e. The maximum atomic E-state index is 12.8. The predicted octanol–water partition coefficient (Wildman–Crippen LogP) is 2.65. The van der Waals surface area contributed by atoms with Crippen molar-refractivity contribution >= 4 is 28.6 Å². The molecule has 16 heavy (non-hydrogen) atoms. The van der Waals surface area contributed by atoms with Gasteiger partial charge in [0.2, 0.25) is 0 Å². The Kier molecular flexibility index (Phi) is 4.57. The molecule has 88 valence electrons. The predicted molar refractivity (Wildman–Crippen MR) is 62.4 cm³/mol. The lowest BCUT2D eigenvalue weighted by atomic mass is 10.1. The molecule has 0 aromatic carbocycles. The molecule has 0 aliphatic rings. The fourth-order valence-electron chi connectivity index (χ4n) is 1.27. The third kappa shape index (κ3) is 3.10. The number of carbonyl (C=O) groups is 1. The van der Waals surface area contributed by atoms with E-state index in [0.717, 1.165) is 0 Å². The van der Waals surface area contributed by atoms with E-state index in [0.29, 0.717) is 9.39 Å². The number of aryl methyl sites for hydroxylation is 1. The SMILES string of the molecule is COC(=O)Cc1c(C(F)F)cc(C)nc1I. The van der Waals surface area contributed by atoms with Gasteiger partial charge in [0.1, 0.15) is 3.70 Å². The van der Waals surface area contributed by atoms with E-state index in [2.05, 4.69) is 9.72 Å².